The molecule has 7 heteroatoms. The van der Waals surface area contributed by atoms with Gasteiger partial charge < -0.3 is 14.2 Å². The van der Waals surface area contributed by atoms with Gasteiger partial charge in [0.2, 0.25) is 0 Å². The molecule has 0 aliphatic rings. The molecule has 38 heavy (non-hydrogen) atoms. The van der Waals surface area contributed by atoms with Crippen molar-refractivity contribution in [2.45, 2.75) is 124 Å². The van der Waals surface area contributed by atoms with Gasteiger partial charge in [-0.25, -0.2) is 4.79 Å². The fourth-order valence-electron chi connectivity index (χ4n) is 4.57. The number of Topliss-reactive ketones (excluding diaryl/α,β-unsaturated/α-hetero) is 1. The molecular formula is C31H48O7. The first-order chi connectivity index (χ1) is 17.8. The first-order valence-corrected chi connectivity index (χ1v) is 14.0. The fourth-order valence-corrected chi connectivity index (χ4v) is 4.57. The molecular weight excluding hydrogens is 484 g/mol. The molecule has 2 unspecified atom stereocenters. The summed E-state index contributed by atoms with van der Waals surface area (Å²) < 4.78 is 16.3. The summed E-state index contributed by atoms with van der Waals surface area (Å²) in [4.78, 5) is 50.0. The zero-order valence-corrected chi connectivity index (χ0v) is 24.5. The lowest BCUT2D eigenvalue weighted by atomic mass is 9.74. The molecule has 214 valence electrons. The van der Waals surface area contributed by atoms with Crippen molar-refractivity contribution in [2.24, 2.45) is 5.41 Å². The highest BCUT2D eigenvalue weighted by Gasteiger charge is 2.45. The quantitative estimate of drug-likeness (QED) is 0.0943. The van der Waals surface area contributed by atoms with Crippen molar-refractivity contribution in [3.63, 3.8) is 0 Å². The van der Waals surface area contributed by atoms with Crippen molar-refractivity contribution in [1.29, 1.82) is 0 Å². The minimum Gasteiger partial charge on any atom is -0.463 e. The Morgan fingerprint density at radius 1 is 0.842 bits per heavy atom. The number of rotatable bonds is 17. The molecule has 0 bridgehead atoms. The largest absolute Gasteiger partial charge is 0.463 e. The smallest absolute Gasteiger partial charge is 0.338 e. The first-order valence-electron chi connectivity index (χ1n) is 14.0. The third-order valence-electron chi connectivity index (χ3n) is 6.59. The molecule has 0 aliphatic heterocycles. The van der Waals surface area contributed by atoms with Crippen LogP contribution in [-0.4, -0.2) is 42.0 Å². The van der Waals surface area contributed by atoms with Crippen molar-refractivity contribution < 1.29 is 33.4 Å². The molecule has 0 spiro atoms. The van der Waals surface area contributed by atoms with Crippen LogP contribution in [0.2, 0.25) is 0 Å². The summed E-state index contributed by atoms with van der Waals surface area (Å²) >= 11 is 0. The van der Waals surface area contributed by atoms with Gasteiger partial charge in [-0.3, -0.25) is 14.4 Å². The van der Waals surface area contributed by atoms with Crippen LogP contribution in [0.4, 0.5) is 0 Å². The number of aryl methyl sites for hydroxylation is 1. The van der Waals surface area contributed by atoms with Gasteiger partial charge in [0.1, 0.15) is 22.9 Å². The number of benzene rings is 1. The third-order valence-corrected chi connectivity index (χ3v) is 6.59. The van der Waals surface area contributed by atoms with Gasteiger partial charge in [0, 0.05) is 6.92 Å². The van der Waals surface area contributed by atoms with Crippen molar-refractivity contribution in [3.05, 3.63) is 35.4 Å². The predicted octanol–water partition coefficient (Wildman–Crippen LogP) is 6.79. The molecule has 1 rings (SSSR count). The number of hydrogen-bond donors (Lipinski definition) is 0. The van der Waals surface area contributed by atoms with Crippen LogP contribution in [0.3, 0.4) is 0 Å². The molecule has 0 amide bonds. The maximum absolute atomic E-state index is 13.4. The Morgan fingerprint density at radius 3 is 1.97 bits per heavy atom. The average Bonchev–Trinajstić information content (AvgIpc) is 2.82. The van der Waals surface area contributed by atoms with Crippen molar-refractivity contribution >= 4 is 23.7 Å². The van der Waals surface area contributed by atoms with E-state index in [9.17, 15) is 19.2 Å². The fraction of sp³-hybridized carbons (Fsp3) is 0.677. The summed E-state index contributed by atoms with van der Waals surface area (Å²) in [6, 6.07) is 7.20. The predicted molar refractivity (Wildman–Crippen MR) is 148 cm³/mol. The number of hydrogen-bond acceptors (Lipinski definition) is 7. The summed E-state index contributed by atoms with van der Waals surface area (Å²) in [6.45, 7) is 12.5. The molecule has 0 fully saturated rings. The van der Waals surface area contributed by atoms with Gasteiger partial charge in [-0.1, -0.05) is 31.9 Å². The highest BCUT2D eigenvalue weighted by atomic mass is 16.6. The van der Waals surface area contributed by atoms with Crippen LogP contribution in [0, 0.1) is 5.41 Å². The van der Waals surface area contributed by atoms with Crippen LogP contribution in [0.25, 0.3) is 0 Å². The van der Waals surface area contributed by atoms with Gasteiger partial charge in [0.05, 0.1) is 12.2 Å². The standard InChI is InChI=1S/C31H48O7/c1-8-10-11-15-27(37-24(4)33)16-13-22-31(23(3)32,29(35)38-30(5,6)7)21-12-14-25-17-19-26(20-18-25)28(34)36-9-2/h17-20,27H,8-16,21-22H2,1-7H3. The summed E-state index contributed by atoms with van der Waals surface area (Å²) in [6.07, 6.45) is 6.75. The van der Waals surface area contributed by atoms with Crippen LogP contribution < -0.4 is 0 Å². The van der Waals surface area contributed by atoms with Gasteiger partial charge in [-0.2, -0.15) is 0 Å². The minimum absolute atomic E-state index is 0.209. The number of carbonyl (C=O) groups excluding carboxylic acids is 4. The van der Waals surface area contributed by atoms with Crippen LogP contribution in [0.1, 0.15) is 122 Å². The Balaban J connectivity index is 2.99. The second-order valence-electron chi connectivity index (χ2n) is 11.0. The summed E-state index contributed by atoms with van der Waals surface area (Å²) in [5, 5.41) is 0. The Morgan fingerprint density at radius 2 is 1.45 bits per heavy atom. The van der Waals surface area contributed by atoms with E-state index >= 15 is 0 Å². The molecule has 0 radical (unpaired) electrons. The van der Waals surface area contributed by atoms with E-state index in [2.05, 4.69) is 6.92 Å². The summed E-state index contributed by atoms with van der Waals surface area (Å²) in [5.74, 6) is -1.38. The lowest BCUT2D eigenvalue weighted by molar-refractivity contribution is -0.171. The molecule has 0 heterocycles. The zero-order valence-electron chi connectivity index (χ0n) is 24.5. The maximum atomic E-state index is 13.4. The topological polar surface area (TPSA) is 96.0 Å². The van der Waals surface area contributed by atoms with E-state index in [0.717, 1.165) is 31.2 Å². The normalized spacial score (nSPS) is 13.8. The number of carbonyl (C=O) groups is 4. The van der Waals surface area contributed by atoms with Gasteiger partial charge in [-0.15, -0.1) is 0 Å². The Bertz CT molecular complexity index is 898. The lowest BCUT2D eigenvalue weighted by Crippen LogP contribution is -2.43. The average molecular weight is 533 g/mol. The summed E-state index contributed by atoms with van der Waals surface area (Å²) in [5.41, 5.74) is -0.488. The molecule has 1 aromatic carbocycles. The molecule has 0 aromatic heterocycles. The summed E-state index contributed by atoms with van der Waals surface area (Å²) in [7, 11) is 0. The molecule has 0 aliphatic carbocycles. The van der Waals surface area contributed by atoms with E-state index in [1.807, 2.05) is 12.1 Å². The molecule has 0 saturated carbocycles. The Labute approximate surface area is 229 Å². The van der Waals surface area contributed by atoms with Crippen LogP contribution in [-0.2, 0) is 35.0 Å². The van der Waals surface area contributed by atoms with Crippen molar-refractivity contribution in [2.75, 3.05) is 6.61 Å². The minimum atomic E-state index is -1.26. The van der Waals surface area contributed by atoms with E-state index in [-0.39, 0.29) is 23.8 Å². The third kappa shape index (κ3) is 11.8. The van der Waals surface area contributed by atoms with Gasteiger partial charge >= 0.3 is 17.9 Å². The highest BCUT2D eigenvalue weighted by Crippen LogP contribution is 2.36. The van der Waals surface area contributed by atoms with E-state index < -0.39 is 17.0 Å². The van der Waals surface area contributed by atoms with Crippen LogP contribution in [0.5, 0.6) is 0 Å². The molecule has 2 atom stereocenters. The van der Waals surface area contributed by atoms with Gasteiger partial charge in [0.15, 0.2) is 0 Å². The van der Waals surface area contributed by atoms with Crippen molar-refractivity contribution in [1.82, 2.24) is 0 Å². The lowest BCUT2D eigenvalue weighted by Gasteiger charge is -2.33. The zero-order chi connectivity index (χ0) is 28.8. The van der Waals surface area contributed by atoms with E-state index in [1.54, 1.807) is 39.8 Å². The van der Waals surface area contributed by atoms with Crippen molar-refractivity contribution in [3.8, 4) is 0 Å². The number of unbranched alkanes of at least 4 members (excludes halogenated alkanes) is 2. The number of esters is 3. The van der Waals surface area contributed by atoms with Crippen LogP contribution >= 0.6 is 0 Å². The monoisotopic (exact) mass is 532 g/mol. The number of ether oxygens (including phenoxy) is 3. The van der Waals surface area contributed by atoms with Crippen LogP contribution in [0.15, 0.2) is 24.3 Å². The van der Waals surface area contributed by atoms with Gasteiger partial charge in [0.25, 0.3) is 0 Å². The second-order valence-corrected chi connectivity index (χ2v) is 11.0. The Kier molecular flexibility index (Phi) is 14.3. The van der Waals surface area contributed by atoms with Gasteiger partial charge in [-0.05, 0) is 104 Å². The first kappa shape index (κ1) is 33.3. The Hall–Kier alpha value is -2.70. The highest BCUT2D eigenvalue weighted by molar-refractivity contribution is 6.02. The number of ketones is 1. The molecule has 0 N–H and O–H groups in total. The molecule has 7 nitrogen and oxygen atoms in total. The SMILES string of the molecule is CCCCCC(CCCC(CCCc1ccc(C(=O)OCC)cc1)(C(C)=O)C(=O)OC(C)(C)C)OC(C)=O. The molecule has 0 saturated heterocycles. The van der Waals surface area contributed by atoms with E-state index in [0.29, 0.717) is 50.7 Å². The maximum Gasteiger partial charge on any atom is 0.338 e. The van der Waals surface area contributed by atoms with E-state index in [1.165, 1.54) is 13.8 Å². The van der Waals surface area contributed by atoms with E-state index in [4.69, 9.17) is 14.2 Å². The second kappa shape index (κ2) is 16.3. The molecule has 1 aromatic rings.